The molecule has 2 atom stereocenters. The van der Waals surface area contributed by atoms with Crippen LogP contribution in [0.15, 0.2) is 60.7 Å². The van der Waals surface area contributed by atoms with E-state index in [1.165, 1.54) is 0 Å². The Balaban J connectivity index is 1.73. The zero-order chi connectivity index (χ0) is 22.2. The number of ether oxygens (including phenoxy) is 3. The SMILES string of the molecule is CCOc1ccc([C@H](C)NC(=O)[C@@H](CC)Oc2cccc3ccccc23)cc1OCC. The minimum Gasteiger partial charge on any atom is -0.490 e. The molecule has 5 heteroatoms. The highest BCUT2D eigenvalue weighted by atomic mass is 16.5. The van der Waals surface area contributed by atoms with E-state index >= 15 is 0 Å². The van der Waals surface area contributed by atoms with E-state index in [4.69, 9.17) is 14.2 Å². The summed E-state index contributed by atoms with van der Waals surface area (Å²) in [5.41, 5.74) is 0.945. The van der Waals surface area contributed by atoms with Crippen molar-refractivity contribution in [2.24, 2.45) is 0 Å². The first kappa shape index (κ1) is 22.5. The summed E-state index contributed by atoms with van der Waals surface area (Å²) in [5, 5.41) is 5.16. The lowest BCUT2D eigenvalue weighted by Gasteiger charge is -2.22. The molecule has 0 radical (unpaired) electrons. The Labute approximate surface area is 184 Å². The van der Waals surface area contributed by atoms with Crippen LogP contribution in [0.5, 0.6) is 17.2 Å². The Morgan fingerprint density at radius 1 is 0.871 bits per heavy atom. The van der Waals surface area contributed by atoms with Gasteiger partial charge in [0.05, 0.1) is 19.3 Å². The van der Waals surface area contributed by atoms with Crippen molar-refractivity contribution in [1.29, 1.82) is 0 Å². The molecular weight excluding hydrogens is 390 g/mol. The number of rotatable bonds is 10. The van der Waals surface area contributed by atoms with Crippen molar-refractivity contribution in [1.82, 2.24) is 5.32 Å². The molecule has 0 fully saturated rings. The molecule has 0 bridgehead atoms. The molecule has 0 aromatic heterocycles. The number of hydrogen-bond donors (Lipinski definition) is 1. The van der Waals surface area contributed by atoms with Crippen LogP contribution in [0.2, 0.25) is 0 Å². The van der Waals surface area contributed by atoms with E-state index in [-0.39, 0.29) is 11.9 Å². The number of carbonyl (C=O) groups excluding carboxylic acids is 1. The molecule has 0 aliphatic heterocycles. The summed E-state index contributed by atoms with van der Waals surface area (Å²) >= 11 is 0. The first-order valence-electron chi connectivity index (χ1n) is 10.9. The normalized spacial score (nSPS) is 12.8. The highest BCUT2D eigenvalue weighted by Gasteiger charge is 2.22. The second kappa shape index (κ2) is 10.7. The van der Waals surface area contributed by atoms with E-state index in [0.29, 0.717) is 36.9 Å². The molecule has 1 amide bonds. The van der Waals surface area contributed by atoms with Crippen LogP contribution >= 0.6 is 0 Å². The standard InChI is InChI=1S/C26H31NO4/c1-5-22(31-23-14-10-12-19-11-8-9-13-21(19)23)26(28)27-18(4)20-15-16-24(29-6-2)25(17-20)30-7-3/h8-18,22H,5-7H2,1-4H3,(H,27,28)/t18-,22+/m0/s1. The van der Waals surface area contributed by atoms with E-state index in [9.17, 15) is 4.79 Å². The van der Waals surface area contributed by atoms with Gasteiger partial charge in [0.15, 0.2) is 17.6 Å². The Morgan fingerprint density at radius 3 is 2.32 bits per heavy atom. The predicted octanol–water partition coefficient (Wildman–Crippen LogP) is 5.67. The third kappa shape index (κ3) is 5.48. The molecule has 0 saturated heterocycles. The zero-order valence-electron chi connectivity index (χ0n) is 18.7. The van der Waals surface area contributed by atoms with Gasteiger partial charge in [0.2, 0.25) is 0 Å². The van der Waals surface area contributed by atoms with Gasteiger partial charge in [0.25, 0.3) is 5.91 Å². The van der Waals surface area contributed by atoms with Crippen LogP contribution in [0.3, 0.4) is 0 Å². The lowest BCUT2D eigenvalue weighted by atomic mass is 10.1. The van der Waals surface area contributed by atoms with E-state index < -0.39 is 6.10 Å². The van der Waals surface area contributed by atoms with Gasteiger partial charge in [-0.1, -0.05) is 49.4 Å². The molecule has 0 aliphatic rings. The molecule has 3 aromatic carbocycles. The molecule has 3 aromatic rings. The molecule has 0 heterocycles. The zero-order valence-corrected chi connectivity index (χ0v) is 18.7. The van der Waals surface area contributed by atoms with E-state index in [1.807, 2.05) is 88.4 Å². The molecular formula is C26H31NO4. The molecule has 3 rings (SSSR count). The Bertz CT molecular complexity index is 1010. The highest BCUT2D eigenvalue weighted by molar-refractivity contribution is 5.89. The van der Waals surface area contributed by atoms with Crippen LogP contribution in [-0.4, -0.2) is 25.2 Å². The van der Waals surface area contributed by atoms with Crippen molar-refractivity contribution >= 4 is 16.7 Å². The van der Waals surface area contributed by atoms with Gasteiger partial charge < -0.3 is 19.5 Å². The quantitative estimate of drug-likeness (QED) is 0.458. The molecule has 5 nitrogen and oxygen atoms in total. The second-order valence-electron chi connectivity index (χ2n) is 7.29. The van der Waals surface area contributed by atoms with Crippen molar-refractivity contribution in [3.63, 3.8) is 0 Å². The van der Waals surface area contributed by atoms with Gasteiger partial charge in [0, 0.05) is 5.39 Å². The number of fused-ring (bicyclic) bond motifs is 1. The monoisotopic (exact) mass is 421 g/mol. The van der Waals surface area contributed by atoms with Crippen molar-refractivity contribution in [2.45, 2.75) is 46.3 Å². The maximum atomic E-state index is 13.0. The van der Waals surface area contributed by atoms with Crippen LogP contribution in [0.4, 0.5) is 0 Å². The van der Waals surface area contributed by atoms with E-state index in [2.05, 4.69) is 5.32 Å². The van der Waals surface area contributed by atoms with Gasteiger partial charge >= 0.3 is 0 Å². The van der Waals surface area contributed by atoms with Crippen molar-refractivity contribution in [2.75, 3.05) is 13.2 Å². The first-order chi connectivity index (χ1) is 15.1. The molecule has 31 heavy (non-hydrogen) atoms. The molecule has 1 N–H and O–H groups in total. The molecule has 0 unspecified atom stereocenters. The summed E-state index contributed by atoms with van der Waals surface area (Å²) in [7, 11) is 0. The van der Waals surface area contributed by atoms with Gasteiger partial charge in [-0.25, -0.2) is 0 Å². The third-order valence-corrected chi connectivity index (χ3v) is 5.11. The van der Waals surface area contributed by atoms with Crippen molar-refractivity contribution in [3.05, 3.63) is 66.2 Å². The van der Waals surface area contributed by atoms with Crippen molar-refractivity contribution < 1.29 is 19.0 Å². The smallest absolute Gasteiger partial charge is 0.261 e. The minimum atomic E-state index is -0.581. The van der Waals surface area contributed by atoms with Gasteiger partial charge in [-0.2, -0.15) is 0 Å². The van der Waals surface area contributed by atoms with Gasteiger partial charge in [-0.3, -0.25) is 4.79 Å². The Morgan fingerprint density at radius 2 is 1.58 bits per heavy atom. The van der Waals surface area contributed by atoms with Gasteiger partial charge in [0.1, 0.15) is 5.75 Å². The van der Waals surface area contributed by atoms with Crippen LogP contribution < -0.4 is 19.5 Å². The lowest BCUT2D eigenvalue weighted by molar-refractivity contribution is -0.128. The van der Waals surface area contributed by atoms with Gasteiger partial charge in [-0.15, -0.1) is 0 Å². The van der Waals surface area contributed by atoms with Gasteiger partial charge in [-0.05, 0) is 56.3 Å². The first-order valence-corrected chi connectivity index (χ1v) is 10.9. The third-order valence-electron chi connectivity index (χ3n) is 5.11. The summed E-state index contributed by atoms with van der Waals surface area (Å²) in [5.74, 6) is 1.96. The van der Waals surface area contributed by atoms with Crippen LogP contribution in [0.25, 0.3) is 10.8 Å². The van der Waals surface area contributed by atoms with Crippen LogP contribution in [-0.2, 0) is 4.79 Å². The largest absolute Gasteiger partial charge is 0.490 e. The fourth-order valence-corrected chi connectivity index (χ4v) is 3.50. The number of hydrogen-bond acceptors (Lipinski definition) is 4. The summed E-state index contributed by atoms with van der Waals surface area (Å²) in [4.78, 5) is 13.0. The highest BCUT2D eigenvalue weighted by Crippen LogP contribution is 2.31. The molecule has 0 aliphatic carbocycles. The summed E-state index contributed by atoms with van der Waals surface area (Å²) in [6.07, 6.45) is -0.0165. The number of nitrogens with one attached hydrogen (secondary N) is 1. The summed E-state index contributed by atoms with van der Waals surface area (Å²) in [6, 6.07) is 19.4. The van der Waals surface area contributed by atoms with E-state index in [0.717, 1.165) is 16.3 Å². The topological polar surface area (TPSA) is 56.8 Å². The molecule has 0 saturated carbocycles. The maximum Gasteiger partial charge on any atom is 0.261 e. The maximum absolute atomic E-state index is 13.0. The van der Waals surface area contributed by atoms with Crippen LogP contribution in [0.1, 0.15) is 45.7 Å². The molecule has 0 spiro atoms. The van der Waals surface area contributed by atoms with Crippen LogP contribution in [0, 0.1) is 0 Å². The second-order valence-corrected chi connectivity index (χ2v) is 7.29. The lowest BCUT2D eigenvalue weighted by Crippen LogP contribution is -2.39. The molecule has 164 valence electrons. The predicted molar refractivity (Wildman–Crippen MR) is 124 cm³/mol. The average molecular weight is 422 g/mol. The minimum absolute atomic E-state index is 0.144. The summed E-state index contributed by atoms with van der Waals surface area (Å²) < 4.78 is 17.5. The fourth-order valence-electron chi connectivity index (χ4n) is 3.50. The average Bonchev–Trinajstić information content (AvgIpc) is 2.78. The number of amides is 1. The summed E-state index contributed by atoms with van der Waals surface area (Å²) in [6.45, 7) is 8.88. The Hall–Kier alpha value is -3.21. The van der Waals surface area contributed by atoms with Crippen molar-refractivity contribution in [3.8, 4) is 17.2 Å². The Kier molecular flexibility index (Phi) is 7.76. The number of benzene rings is 3. The number of carbonyl (C=O) groups is 1. The fraction of sp³-hybridized carbons (Fsp3) is 0.346. The van der Waals surface area contributed by atoms with E-state index in [1.54, 1.807) is 0 Å².